The minimum absolute atomic E-state index is 0.397. The third kappa shape index (κ3) is 3.02. The molecule has 0 bridgehead atoms. The average molecular weight is 302 g/mol. The van der Waals surface area contributed by atoms with Gasteiger partial charge in [0.2, 0.25) is 10.0 Å². The Hall–Kier alpha value is -0.430. The third-order valence-electron chi connectivity index (χ3n) is 3.58. The molecular weight excluding hydrogens is 280 g/mol. The molecule has 2 unspecified atom stereocenters. The summed E-state index contributed by atoms with van der Waals surface area (Å²) < 4.78 is 27.1. The molecule has 19 heavy (non-hydrogen) atoms. The van der Waals surface area contributed by atoms with Gasteiger partial charge in [0.05, 0.1) is 4.90 Å². The minimum atomic E-state index is -3.36. The van der Waals surface area contributed by atoms with Gasteiger partial charge in [0.15, 0.2) is 0 Å². The van der Waals surface area contributed by atoms with E-state index in [0.717, 1.165) is 16.2 Å². The monoisotopic (exact) mass is 302 g/mol. The molecule has 2 atom stereocenters. The predicted molar refractivity (Wildman–Crippen MR) is 78.7 cm³/mol. The lowest BCUT2D eigenvalue weighted by Gasteiger charge is -2.34. The van der Waals surface area contributed by atoms with E-state index in [9.17, 15) is 8.42 Å². The van der Waals surface area contributed by atoms with Crippen molar-refractivity contribution in [1.82, 2.24) is 4.31 Å². The molecule has 1 aliphatic rings. The maximum atomic E-state index is 12.7. The fourth-order valence-electron chi connectivity index (χ4n) is 2.82. The van der Waals surface area contributed by atoms with Gasteiger partial charge in [-0.1, -0.05) is 13.8 Å². The molecule has 4 nitrogen and oxygen atoms in total. The zero-order valence-electron chi connectivity index (χ0n) is 11.7. The van der Waals surface area contributed by atoms with Crippen molar-refractivity contribution in [1.29, 1.82) is 0 Å². The van der Waals surface area contributed by atoms with Crippen LogP contribution in [0.15, 0.2) is 11.0 Å². The van der Waals surface area contributed by atoms with E-state index in [4.69, 9.17) is 5.73 Å². The highest BCUT2D eigenvalue weighted by Gasteiger charge is 2.33. The largest absolute Gasteiger partial charge is 0.326 e. The van der Waals surface area contributed by atoms with Crippen molar-refractivity contribution in [3.8, 4) is 0 Å². The molecule has 2 heterocycles. The normalized spacial score (nSPS) is 25.7. The maximum absolute atomic E-state index is 12.7. The van der Waals surface area contributed by atoms with E-state index in [-0.39, 0.29) is 0 Å². The van der Waals surface area contributed by atoms with Crippen LogP contribution in [0.1, 0.15) is 30.0 Å². The lowest BCUT2D eigenvalue weighted by Crippen LogP contribution is -2.42. The van der Waals surface area contributed by atoms with Crippen LogP contribution < -0.4 is 5.73 Å². The number of rotatable bonds is 3. The second-order valence-corrected chi connectivity index (χ2v) is 8.85. The van der Waals surface area contributed by atoms with Gasteiger partial charge in [0.25, 0.3) is 0 Å². The molecule has 0 aromatic carbocycles. The lowest BCUT2D eigenvalue weighted by atomic mass is 9.94. The van der Waals surface area contributed by atoms with Gasteiger partial charge in [-0.3, -0.25) is 0 Å². The van der Waals surface area contributed by atoms with Crippen molar-refractivity contribution < 1.29 is 8.42 Å². The van der Waals surface area contributed by atoms with Crippen LogP contribution in [0.25, 0.3) is 0 Å². The molecule has 0 spiro atoms. The number of hydrogen-bond donors (Lipinski definition) is 1. The van der Waals surface area contributed by atoms with Crippen molar-refractivity contribution in [3.63, 3.8) is 0 Å². The Bertz CT molecular complexity index is 541. The second-order valence-electron chi connectivity index (χ2n) is 5.61. The molecule has 2 N–H and O–H groups in total. The van der Waals surface area contributed by atoms with Gasteiger partial charge in [-0.05, 0) is 31.2 Å². The smallest absolute Gasteiger partial charge is 0.244 e. The Labute approximate surface area is 119 Å². The summed E-state index contributed by atoms with van der Waals surface area (Å²) in [6.07, 6.45) is 1.10. The standard InChI is InChI=1S/C13H22N2O2S2/c1-9-4-10(2)8-15(7-9)19(16,17)13-5-12(6-14)18-11(13)3/h5,9-10H,4,6-8,14H2,1-3H3. The van der Waals surface area contributed by atoms with Crippen LogP contribution in [0.5, 0.6) is 0 Å². The molecule has 1 aromatic heterocycles. The van der Waals surface area contributed by atoms with Gasteiger partial charge in [-0.15, -0.1) is 11.3 Å². The topological polar surface area (TPSA) is 63.4 Å². The molecule has 0 saturated carbocycles. The Morgan fingerprint density at radius 3 is 2.42 bits per heavy atom. The van der Waals surface area contributed by atoms with Gasteiger partial charge in [0.1, 0.15) is 0 Å². The lowest BCUT2D eigenvalue weighted by molar-refractivity contribution is 0.222. The van der Waals surface area contributed by atoms with Crippen LogP contribution in [-0.4, -0.2) is 25.8 Å². The summed E-state index contributed by atoms with van der Waals surface area (Å²) >= 11 is 1.48. The molecule has 6 heteroatoms. The van der Waals surface area contributed by atoms with Crippen LogP contribution >= 0.6 is 11.3 Å². The first-order chi connectivity index (χ1) is 8.84. The van der Waals surface area contributed by atoms with Crippen LogP contribution in [0.2, 0.25) is 0 Å². The number of hydrogen-bond acceptors (Lipinski definition) is 4. The zero-order valence-corrected chi connectivity index (χ0v) is 13.4. The summed E-state index contributed by atoms with van der Waals surface area (Å²) in [4.78, 5) is 2.21. The highest BCUT2D eigenvalue weighted by molar-refractivity contribution is 7.89. The molecule has 0 aliphatic carbocycles. The van der Waals surface area contributed by atoms with E-state index in [1.54, 1.807) is 10.4 Å². The van der Waals surface area contributed by atoms with Crippen LogP contribution in [0, 0.1) is 18.8 Å². The van der Waals surface area contributed by atoms with Gasteiger partial charge in [0, 0.05) is 29.4 Å². The average Bonchev–Trinajstić information content (AvgIpc) is 2.70. The van der Waals surface area contributed by atoms with Crippen molar-refractivity contribution in [3.05, 3.63) is 15.8 Å². The Morgan fingerprint density at radius 1 is 1.37 bits per heavy atom. The summed E-state index contributed by atoms with van der Waals surface area (Å²) in [6.45, 7) is 7.73. The molecule has 1 aliphatic heterocycles. The van der Waals surface area contributed by atoms with Crippen LogP contribution in [0.3, 0.4) is 0 Å². The van der Waals surface area contributed by atoms with E-state index < -0.39 is 10.0 Å². The number of nitrogens with two attached hydrogens (primary N) is 1. The van der Waals surface area contributed by atoms with Gasteiger partial charge >= 0.3 is 0 Å². The van der Waals surface area contributed by atoms with Crippen molar-refractivity contribution in [2.45, 2.75) is 38.6 Å². The molecule has 2 rings (SSSR count). The molecular formula is C13H22N2O2S2. The Kier molecular flexibility index (Phi) is 4.35. The van der Waals surface area contributed by atoms with E-state index in [0.29, 0.717) is 36.4 Å². The minimum Gasteiger partial charge on any atom is -0.326 e. The first-order valence-electron chi connectivity index (χ1n) is 6.64. The highest BCUT2D eigenvalue weighted by atomic mass is 32.2. The predicted octanol–water partition coefficient (Wildman–Crippen LogP) is 2.18. The summed E-state index contributed by atoms with van der Waals surface area (Å²) in [5.74, 6) is 0.845. The first-order valence-corrected chi connectivity index (χ1v) is 8.89. The first kappa shape index (κ1) is 15.0. The number of thiophene rings is 1. The quantitative estimate of drug-likeness (QED) is 0.931. The van der Waals surface area contributed by atoms with Crippen molar-refractivity contribution in [2.75, 3.05) is 13.1 Å². The fourth-order valence-corrected chi connectivity index (χ4v) is 5.98. The third-order valence-corrected chi connectivity index (χ3v) is 6.74. The summed E-state index contributed by atoms with van der Waals surface area (Å²) in [5.41, 5.74) is 5.60. The van der Waals surface area contributed by atoms with E-state index in [1.165, 1.54) is 11.3 Å². The number of sulfonamides is 1. The molecule has 0 amide bonds. The summed E-state index contributed by atoms with van der Waals surface area (Å²) in [5, 5.41) is 0. The SMILES string of the molecule is Cc1sc(CN)cc1S(=O)(=O)N1CC(C)CC(C)C1. The van der Waals surface area contributed by atoms with Crippen molar-refractivity contribution >= 4 is 21.4 Å². The molecule has 1 aromatic rings. The van der Waals surface area contributed by atoms with Gasteiger partial charge in [-0.25, -0.2) is 8.42 Å². The van der Waals surface area contributed by atoms with E-state index >= 15 is 0 Å². The Balaban J connectivity index is 2.33. The molecule has 0 radical (unpaired) electrons. The highest BCUT2D eigenvalue weighted by Crippen LogP contribution is 2.31. The van der Waals surface area contributed by atoms with E-state index in [2.05, 4.69) is 13.8 Å². The number of nitrogens with zero attached hydrogens (tertiary/aromatic N) is 1. The number of piperidine rings is 1. The van der Waals surface area contributed by atoms with Crippen LogP contribution in [-0.2, 0) is 16.6 Å². The molecule has 1 fully saturated rings. The maximum Gasteiger partial charge on any atom is 0.244 e. The van der Waals surface area contributed by atoms with Crippen LogP contribution in [0.4, 0.5) is 0 Å². The Morgan fingerprint density at radius 2 is 1.95 bits per heavy atom. The van der Waals surface area contributed by atoms with Gasteiger partial charge in [-0.2, -0.15) is 4.31 Å². The molecule has 108 valence electrons. The van der Waals surface area contributed by atoms with Crippen molar-refractivity contribution in [2.24, 2.45) is 17.6 Å². The summed E-state index contributed by atoms with van der Waals surface area (Å²) in [6, 6.07) is 1.74. The fraction of sp³-hybridized carbons (Fsp3) is 0.692. The van der Waals surface area contributed by atoms with Gasteiger partial charge < -0.3 is 5.73 Å². The number of aryl methyl sites for hydroxylation is 1. The zero-order chi connectivity index (χ0) is 14.2. The second kappa shape index (κ2) is 5.52. The summed E-state index contributed by atoms with van der Waals surface area (Å²) in [7, 11) is -3.36. The molecule has 1 saturated heterocycles. The van der Waals surface area contributed by atoms with E-state index in [1.807, 2.05) is 6.92 Å².